The predicted molar refractivity (Wildman–Crippen MR) is 165 cm³/mol. The third kappa shape index (κ3) is 6.09. The molecule has 0 radical (unpaired) electrons. The van der Waals surface area contributed by atoms with Crippen LogP contribution in [0.3, 0.4) is 0 Å². The highest BCUT2D eigenvalue weighted by Gasteiger charge is 2.33. The van der Waals surface area contributed by atoms with Crippen LogP contribution in [0.2, 0.25) is 0 Å². The highest BCUT2D eigenvalue weighted by atomic mass is 32.1. The summed E-state index contributed by atoms with van der Waals surface area (Å²) in [4.78, 5) is 32.2. The van der Waals surface area contributed by atoms with Crippen molar-refractivity contribution in [1.82, 2.24) is 4.57 Å². The van der Waals surface area contributed by atoms with Crippen LogP contribution in [0.5, 0.6) is 11.5 Å². The third-order valence-corrected chi connectivity index (χ3v) is 8.16. The Morgan fingerprint density at radius 1 is 1.00 bits per heavy atom. The highest BCUT2D eigenvalue weighted by Crippen LogP contribution is 2.31. The Balaban J connectivity index is 1.47. The molecule has 0 aliphatic carbocycles. The number of ether oxygens (including phenoxy) is 3. The lowest BCUT2D eigenvalue weighted by Gasteiger charge is -2.25. The lowest BCUT2D eigenvalue weighted by atomic mass is 9.93. The number of fused-ring (bicyclic) bond motifs is 1. The standard InChI is InChI=1S/C34H34N2O5S/c1-6-40-33(38)30-22(4)35-34-36(31(30)26-13-11-25(12-14-26)21(2)3)32(37)29(42-34)19-23-7-17-28(18-8-23)41-20-24-9-15-27(39-5)16-10-24/h7-19,21,31H,6,20H2,1-5H3. The van der Waals surface area contributed by atoms with Crippen molar-refractivity contribution < 1.29 is 19.0 Å². The molecule has 0 spiro atoms. The second kappa shape index (κ2) is 12.6. The van der Waals surface area contributed by atoms with E-state index in [0.717, 1.165) is 28.2 Å². The Hall–Kier alpha value is -4.43. The normalized spacial score (nSPS) is 14.9. The fourth-order valence-corrected chi connectivity index (χ4v) is 5.92. The molecule has 1 unspecified atom stereocenters. The van der Waals surface area contributed by atoms with Crippen LogP contribution in [0.15, 0.2) is 93.9 Å². The number of carbonyl (C=O) groups is 1. The molecule has 0 N–H and O–H groups in total. The van der Waals surface area contributed by atoms with Crippen molar-refractivity contribution in [3.63, 3.8) is 0 Å². The van der Waals surface area contributed by atoms with Gasteiger partial charge in [0.15, 0.2) is 4.80 Å². The monoisotopic (exact) mass is 582 g/mol. The minimum absolute atomic E-state index is 0.203. The van der Waals surface area contributed by atoms with Gasteiger partial charge in [-0.1, -0.05) is 73.7 Å². The van der Waals surface area contributed by atoms with E-state index in [0.29, 0.717) is 33.1 Å². The van der Waals surface area contributed by atoms with Crippen molar-refractivity contribution in [2.75, 3.05) is 13.7 Å². The van der Waals surface area contributed by atoms with Gasteiger partial charge < -0.3 is 14.2 Å². The van der Waals surface area contributed by atoms with Crippen LogP contribution in [-0.4, -0.2) is 24.3 Å². The van der Waals surface area contributed by atoms with E-state index in [2.05, 4.69) is 18.8 Å². The van der Waals surface area contributed by atoms with Crippen molar-refractivity contribution in [3.05, 3.63) is 126 Å². The summed E-state index contributed by atoms with van der Waals surface area (Å²) in [7, 11) is 1.64. The second-order valence-corrected chi connectivity index (χ2v) is 11.3. The van der Waals surface area contributed by atoms with Gasteiger partial charge in [-0.3, -0.25) is 9.36 Å². The van der Waals surface area contributed by atoms with Crippen LogP contribution in [0.4, 0.5) is 0 Å². The summed E-state index contributed by atoms with van der Waals surface area (Å²) in [5, 5.41) is 0. The van der Waals surface area contributed by atoms with Gasteiger partial charge in [0.25, 0.3) is 5.56 Å². The summed E-state index contributed by atoms with van der Waals surface area (Å²) in [6, 6.07) is 22.8. The Morgan fingerprint density at radius 2 is 1.67 bits per heavy atom. The van der Waals surface area contributed by atoms with Crippen LogP contribution in [0.25, 0.3) is 6.08 Å². The second-order valence-electron chi connectivity index (χ2n) is 10.3. The van der Waals surface area contributed by atoms with E-state index in [9.17, 15) is 9.59 Å². The number of methoxy groups -OCH3 is 1. The van der Waals surface area contributed by atoms with Gasteiger partial charge >= 0.3 is 5.97 Å². The number of thiazole rings is 1. The van der Waals surface area contributed by atoms with Crippen molar-refractivity contribution >= 4 is 23.4 Å². The zero-order valence-corrected chi connectivity index (χ0v) is 25.2. The number of allylic oxidation sites excluding steroid dienone is 1. The van der Waals surface area contributed by atoms with Crippen LogP contribution in [0, 0.1) is 0 Å². The third-order valence-electron chi connectivity index (χ3n) is 7.18. The number of esters is 1. The largest absolute Gasteiger partial charge is 0.497 e. The van der Waals surface area contributed by atoms with E-state index in [1.54, 1.807) is 25.5 Å². The Morgan fingerprint density at radius 3 is 2.29 bits per heavy atom. The summed E-state index contributed by atoms with van der Waals surface area (Å²) < 4.78 is 18.7. The van der Waals surface area contributed by atoms with Crippen molar-refractivity contribution in [1.29, 1.82) is 0 Å². The topological polar surface area (TPSA) is 79.1 Å². The quantitative estimate of drug-likeness (QED) is 0.243. The average Bonchev–Trinajstić information content (AvgIpc) is 3.30. The molecule has 1 aliphatic rings. The molecule has 216 valence electrons. The van der Waals surface area contributed by atoms with Crippen molar-refractivity contribution in [2.24, 2.45) is 4.99 Å². The molecule has 8 heteroatoms. The molecule has 0 bridgehead atoms. The predicted octanol–water partition coefficient (Wildman–Crippen LogP) is 5.51. The first kappa shape index (κ1) is 29.1. The van der Waals surface area contributed by atoms with Gasteiger partial charge in [0.2, 0.25) is 0 Å². The van der Waals surface area contributed by atoms with Crippen molar-refractivity contribution in [2.45, 2.75) is 46.3 Å². The van der Waals surface area contributed by atoms with Crippen LogP contribution < -0.4 is 24.4 Å². The summed E-state index contributed by atoms with van der Waals surface area (Å²) in [5.74, 6) is 1.43. The fourth-order valence-electron chi connectivity index (χ4n) is 4.87. The number of benzene rings is 3. The number of hydrogen-bond donors (Lipinski definition) is 0. The molecular weight excluding hydrogens is 548 g/mol. The molecule has 5 rings (SSSR count). The summed E-state index contributed by atoms with van der Waals surface area (Å²) in [5.41, 5.74) is 4.64. The maximum Gasteiger partial charge on any atom is 0.338 e. The molecule has 0 amide bonds. The van der Waals surface area contributed by atoms with Gasteiger partial charge in [0.05, 0.1) is 35.6 Å². The van der Waals surface area contributed by atoms with Gasteiger partial charge in [-0.25, -0.2) is 9.79 Å². The van der Waals surface area contributed by atoms with E-state index in [1.807, 2.05) is 78.9 Å². The minimum atomic E-state index is -0.627. The lowest BCUT2D eigenvalue weighted by Crippen LogP contribution is -2.39. The molecule has 7 nitrogen and oxygen atoms in total. The van der Waals surface area contributed by atoms with Gasteiger partial charge in [0.1, 0.15) is 18.1 Å². The van der Waals surface area contributed by atoms with Crippen LogP contribution >= 0.6 is 11.3 Å². The summed E-state index contributed by atoms with van der Waals surface area (Å²) >= 11 is 1.31. The van der Waals surface area contributed by atoms with Crippen LogP contribution in [0.1, 0.15) is 61.9 Å². The number of rotatable bonds is 9. The summed E-state index contributed by atoms with van der Waals surface area (Å²) in [6.07, 6.45) is 1.85. The number of carbonyl (C=O) groups excluding carboxylic acids is 1. The number of hydrogen-bond acceptors (Lipinski definition) is 7. The fraction of sp³-hybridized carbons (Fsp3) is 0.265. The summed E-state index contributed by atoms with van der Waals surface area (Å²) in [6.45, 7) is 8.49. The van der Waals surface area contributed by atoms with Gasteiger partial charge in [-0.2, -0.15) is 0 Å². The van der Waals surface area contributed by atoms with E-state index >= 15 is 0 Å². The first-order valence-electron chi connectivity index (χ1n) is 13.9. The molecule has 1 atom stereocenters. The lowest BCUT2D eigenvalue weighted by molar-refractivity contribution is -0.139. The molecule has 0 saturated heterocycles. The van der Waals surface area contributed by atoms with E-state index in [1.165, 1.54) is 16.9 Å². The van der Waals surface area contributed by atoms with Gasteiger partial charge in [-0.15, -0.1) is 0 Å². The zero-order chi connectivity index (χ0) is 29.8. The molecule has 0 fully saturated rings. The Kier molecular flexibility index (Phi) is 8.73. The zero-order valence-electron chi connectivity index (χ0n) is 24.4. The van der Waals surface area contributed by atoms with E-state index in [-0.39, 0.29) is 12.2 Å². The Labute approximate surface area is 249 Å². The first-order valence-corrected chi connectivity index (χ1v) is 14.8. The van der Waals surface area contributed by atoms with E-state index in [4.69, 9.17) is 14.2 Å². The molecule has 3 aromatic carbocycles. The Bertz CT molecular complexity index is 1780. The highest BCUT2D eigenvalue weighted by molar-refractivity contribution is 7.07. The maximum absolute atomic E-state index is 13.9. The van der Waals surface area contributed by atoms with E-state index < -0.39 is 12.0 Å². The van der Waals surface area contributed by atoms with Gasteiger partial charge in [0, 0.05) is 0 Å². The maximum atomic E-state index is 13.9. The molecule has 4 aromatic rings. The smallest absolute Gasteiger partial charge is 0.338 e. The van der Waals surface area contributed by atoms with Crippen LogP contribution in [-0.2, 0) is 16.1 Å². The van der Waals surface area contributed by atoms with Gasteiger partial charge in [-0.05, 0) is 72.4 Å². The number of aromatic nitrogens is 1. The number of nitrogens with zero attached hydrogens (tertiary/aromatic N) is 2. The molecular formula is C34H34N2O5S. The first-order chi connectivity index (χ1) is 20.3. The molecule has 0 saturated carbocycles. The molecule has 1 aromatic heterocycles. The molecule has 2 heterocycles. The van der Waals surface area contributed by atoms with Crippen molar-refractivity contribution in [3.8, 4) is 11.5 Å². The molecule has 42 heavy (non-hydrogen) atoms. The average molecular weight is 583 g/mol. The SMILES string of the molecule is CCOC(=O)C1=C(C)N=c2sc(=Cc3ccc(OCc4ccc(OC)cc4)cc3)c(=O)n2C1c1ccc(C(C)C)cc1. The molecule has 1 aliphatic heterocycles. The minimum Gasteiger partial charge on any atom is -0.497 e.